The van der Waals surface area contributed by atoms with Crippen molar-refractivity contribution in [3.8, 4) is 0 Å². The van der Waals surface area contributed by atoms with Gasteiger partial charge in [0, 0.05) is 27.1 Å². The Morgan fingerprint density at radius 3 is 2.23 bits per heavy atom. The van der Waals surface area contributed by atoms with Crippen LogP contribution in [0.15, 0.2) is 48.5 Å². The van der Waals surface area contributed by atoms with Crippen molar-refractivity contribution in [2.75, 3.05) is 13.2 Å². The molecule has 5 aromatic rings. The number of nitrogens with one attached hydrogen (secondary N) is 1. The van der Waals surface area contributed by atoms with E-state index in [4.69, 9.17) is 4.74 Å². The number of rotatable bonds is 4. The normalized spacial score (nSPS) is 25.1. The minimum Gasteiger partial charge on any atom is -0.480 e. The number of H-pyrrole nitrogens is 1. The quantitative estimate of drug-likeness (QED) is 0.180. The van der Waals surface area contributed by atoms with E-state index in [-0.39, 0.29) is 11.1 Å². The largest absolute Gasteiger partial charge is 0.480 e. The van der Waals surface area contributed by atoms with Gasteiger partial charge in [0.05, 0.1) is 34.3 Å². The monoisotopic (exact) mass is 545 g/mol. The molecule has 6 N–H and O–H groups in total. The van der Waals surface area contributed by atoms with Crippen LogP contribution in [0.4, 0.5) is 0 Å². The topological polar surface area (TPSA) is 186 Å². The number of amides is 2. The first kappa shape index (κ1) is 24.7. The van der Waals surface area contributed by atoms with E-state index in [2.05, 4.69) is 4.98 Å². The molecule has 204 valence electrons. The molecule has 2 aliphatic rings. The molecule has 4 heterocycles. The number of carbonyl (C=O) groups is 3. The minimum absolute atomic E-state index is 0.0260. The zero-order valence-electron chi connectivity index (χ0n) is 20.7. The molecule has 5 atom stereocenters. The predicted molar refractivity (Wildman–Crippen MR) is 141 cm³/mol. The maximum absolute atomic E-state index is 13.8. The number of aliphatic hydroxyl groups excluding tert-OH is 4. The van der Waals surface area contributed by atoms with Gasteiger partial charge in [-0.2, -0.15) is 0 Å². The number of fused-ring (bicyclic) bond motifs is 10. The average Bonchev–Trinajstić information content (AvgIpc) is 3.57. The first-order chi connectivity index (χ1) is 19.2. The molecule has 1 fully saturated rings. The summed E-state index contributed by atoms with van der Waals surface area (Å²) in [4.78, 5) is 43.1. The van der Waals surface area contributed by atoms with Crippen molar-refractivity contribution in [1.29, 1.82) is 0 Å². The van der Waals surface area contributed by atoms with Gasteiger partial charge in [0.2, 0.25) is 0 Å². The Kier molecular flexibility index (Phi) is 5.30. The first-order valence-corrected chi connectivity index (χ1v) is 12.6. The smallest absolute Gasteiger partial charge is 0.323 e. The lowest BCUT2D eigenvalue weighted by atomic mass is 9.96. The summed E-state index contributed by atoms with van der Waals surface area (Å²) >= 11 is 0. The van der Waals surface area contributed by atoms with E-state index in [1.165, 1.54) is 0 Å². The molecule has 2 aliphatic heterocycles. The maximum Gasteiger partial charge on any atom is 0.323 e. The van der Waals surface area contributed by atoms with Gasteiger partial charge in [0.15, 0.2) is 6.23 Å². The molecule has 0 bridgehead atoms. The van der Waals surface area contributed by atoms with E-state index in [0.717, 1.165) is 0 Å². The van der Waals surface area contributed by atoms with Crippen LogP contribution in [0.5, 0.6) is 0 Å². The van der Waals surface area contributed by atoms with Gasteiger partial charge in [-0.15, -0.1) is 0 Å². The molecular formula is C28H23N3O9. The van der Waals surface area contributed by atoms with Crippen LogP contribution in [0.25, 0.3) is 43.6 Å². The summed E-state index contributed by atoms with van der Waals surface area (Å²) in [6.07, 6.45) is -7.38. The van der Waals surface area contributed by atoms with Crippen LogP contribution in [0.3, 0.4) is 0 Å². The van der Waals surface area contributed by atoms with Crippen molar-refractivity contribution in [2.24, 2.45) is 0 Å². The molecule has 2 aromatic heterocycles. The third kappa shape index (κ3) is 3.10. The summed E-state index contributed by atoms with van der Waals surface area (Å²) in [5, 5.41) is 53.3. The predicted octanol–water partition coefficient (Wildman–Crippen LogP) is 1.08. The van der Waals surface area contributed by atoms with Crippen molar-refractivity contribution in [3.63, 3.8) is 0 Å². The van der Waals surface area contributed by atoms with Crippen molar-refractivity contribution in [2.45, 2.75) is 30.6 Å². The lowest BCUT2D eigenvalue weighted by Crippen LogP contribution is -2.56. The zero-order chi connectivity index (χ0) is 28.0. The van der Waals surface area contributed by atoms with E-state index in [1.807, 2.05) is 0 Å². The van der Waals surface area contributed by atoms with E-state index >= 15 is 0 Å². The van der Waals surface area contributed by atoms with Gasteiger partial charge >= 0.3 is 5.97 Å². The Morgan fingerprint density at radius 2 is 1.52 bits per heavy atom. The molecule has 0 radical (unpaired) electrons. The second-order valence-corrected chi connectivity index (χ2v) is 10.1. The molecule has 2 amide bonds. The third-order valence-corrected chi connectivity index (χ3v) is 7.94. The number of carboxylic acid groups (broad SMARTS) is 1. The van der Waals surface area contributed by atoms with Gasteiger partial charge in [0.25, 0.3) is 11.8 Å². The van der Waals surface area contributed by atoms with Crippen molar-refractivity contribution >= 4 is 61.4 Å². The molecule has 0 spiro atoms. The Labute approximate surface area is 224 Å². The van der Waals surface area contributed by atoms with Gasteiger partial charge in [-0.05, 0) is 12.1 Å². The van der Waals surface area contributed by atoms with Gasteiger partial charge in [-0.3, -0.25) is 19.3 Å². The maximum atomic E-state index is 13.8. The lowest BCUT2D eigenvalue weighted by Gasteiger charge is -2.41. The number of aromatic amines is 1. The Morgan fingerprint density at radius 1 is 0.875 bits per heavy atom. The fourth-order valence-electron chi connectivity index (χ4n) is 6.22. The highest BCUT2D eigenvalue weighted by molar-refractivity contribution is 6.39. The zero-order valence-corrected chi connectivity index (χ0v) is 20.7. The molecule has 12 nitrogen and oxygen atoms in total. The van der Waals surface area contributed by atoms with E-state index in [0.29, 0.717) is 48.5 Å². The van der Waals surface area contributed by atoms with Crippen LogP contribution >= 0.6 is 0 Å². The van der Waals surface area contributed by atoms with Crippen LogP contribution in [0.1, 0.15) is 26.9 Å². The highest BCUT2D eigenvalue weighted by atomic mass is 16.6. The van der Waals surface area contributed by atoms with Gasteiger partial charge in [0.1, 0.15) is 31.0 Å². The van der Waals surface area contributed by atoms with Crippen LogP contribution in [-0.4, -0.2) is 95.3 Å². The van der Waals surface area contributed by atoms with Crippen molar-refractivity contribution in [3.05, 3.63) is 59.7 Å². The van der Waals surface area contributed by atoms with E-state index in [1.54, 1.807) is 53.1 Å². The van der Waals surface area contributed by atoms with E-state index < -0.39 is 61.6 Å². The SMILES string of the molecule is O=C(O)CN1C(=O)c2c(c3c4ccccc4n([C@@H]4O[C@H](CO)[C@@H](O)[C@H](O)[C@H]4O)c3c3[nH]c4ccccc4c23)C1=O. The number of benzene rings is 3. The van der Waals surface area contributed by atoms with Gasteiger partial charge in [-0.1, -0.05) is 36.4 Å². The number of aliphatic hydroxyl groups is 4. The molecule has 0 saturated carbocycles. The molecule has 7 rings (SSSR count). The second-order valence-electron chi connectivity index (χ2n) is 10.1. The second kappa shape index (κ2) is 8.58. The van der Waals surface area contributed by atoms with Crippen LogP contribution in [0.2, 0.25) is 0 Å². The van der Waals surface area contributed by atoms with Gasteiger partial charge in [-0.25, -0.2) is 0 Å². The number of imide groups is 1. The van der Waals surface area contributed by atoms with E-state index in [9.17, 15) is 39.9 Å². The highest BCUT2D eigenvalue weighted by Gasteiger charge is 2.47. The number of aromatic nitrogens is 2. The fraction of sp³-hybridized carbons (Fsp3) is 0.250. The lowest BCUT2D eigenvalue weighted by molar-refractivity contribution is -0.249. The Balaban J connectivity index is 1.67. The standard InChI is InChI=1S/C28H23N3O9/c32-10-15-23(35)24(36)25(37)28(40-15)31-14-8-4-2-6-12(14)18-20-19(26(38)30(27(20)39)9-16(33)34)17-11-5-1-3-7-13(11)29-21(17)22(18)31/h1-8,15,23-25,28-29,32,35-37H,9-10H2,(H,33,34)/t15-,23-,24+,25-,28-/m1/s1. The number of hydrogen-bond donors (Lipinski definition) is 6. The number of carbonyl (C=O) groups excluding carboxylic acids is 2. The number of para-hydroxylation sites is 2. The van der Waals surface area contributed by atoms with Crippen LogP contribution in [-0.2, 0) is 9.53 Å². The summed E-state index contributed by atoms with van der Waals surface area (Å²) in [5.74, 6) is -2.84. The van der Waals surface area contributed by atoms with Crippen LogP contribution < -0.4 is 0 Å². The summed E-state index contributed by atoms with van der Waals surface area (Å²) in [6, 6.07) is 14.1. The number of carboxylic acids is 1. The Hall–Kier alpha value is -4.33. The number of hydrogen-bond acceptors (Lipinski definition) is 8. The number of aliphatic carboxylic acids is 1. The molecule has 0 aliphatic carbocycles. The minimum atomic E-state index is -1.66. The molecule has 1 saturated heterocycles. The molecule has 12 heteroatoms. The van der Waals surface area contributed by atoms with Gasteiger partial charge < -0.3 is 39.8 Å². The van der Waals surface area contributed by atoms with Crippen molar-refractivity contribution < 1.29 is 44.7 Å². The average molecular weight is 546 g/mol. The number of ether oxygens (including phenoxy) is 1. The number of nitrogens with zero attached hydrogens (tertiary/aromatic N) is 2. The third-order valence-electron chi connectivity index (χ3n) is 7.94. The van der Waals surface area contributed by atoms with Crippen molar-refractivity contribution in [1.82, 2.24) is 14.5 Å². The fourth-order valence-corrected chi connectivity index (χ4v) is 6.22. The molecule has 3 aromatic carbocycles. The molecule has 40 heavy (non-hydrogen) atoms. The summed E-state index contributed by atoms with van der Waals surface area (Å²) < 4.78 is 7.54. The first-order valence-electron chi connectivity index (χ1n) is 12.6. The summed E-state index contributed by atoms with van der Waals surface area (Å²) in [7, 11) is 0. The Bertz CT molecular complexity index is 1910. The molecule has 0 unspecified atom stereocenters. The highest BCUT2D eigenvalue weighted by Crippen LogP contribution is 2.47. The molecular weight excluding hydrogens is 522 g/mol. The van der Waals surface area contributed by atoms with Crippen LogP contribution in [0, 0.1) is 0 Å². The summed E-state index contributed by atoms with van der Waals surface area (Å²) in [5.41, 5.74) is 2.03. The summed E-state index contributed by atoms with van der Waals surface area (Å²) in [6.45, 7) is -1.45.